The third-order valence-electron chi connectivity index (χ3n) is 3.46. The van der Waals surface area contributed by atoms with Crippen LogP contribution in [0.5, 0.6) is 11.5 Å². The topological polar surface area (TPSA) is 58.6 Å². The van der Waals surface area contributed by atoms with Gasteiger partial charge in [-0.2, -0.15) is 0 Å². The molecule has 0 saturated heterocycles. The van der Waals surface area contributed by atoms with Gasteiger partial charge in [-0.1, -0.05) is 18.2 Å². The van der Waals surface area contributed by atoms with E-state index < -0.39 is 11.7 Å². The van der Waals surface area contributed by atoms with Gasteiger partial charge in [-0.05, 0) is 18.2 Å². The largest absolute Gasteiger partial charge is 0.508 e. The molecule has 5 heteroatoms. The Balaban J connectivity index is 1.83. The first kappa shape index (κ1) is 13.4. The zero-order valence-corrected chi connectivity index (χ0v) is 11.2. The lowest BCUT2D eigenvalue weighted by Crippen LogP contribution is -2.32. The van der Waals surface area contributed by atoms with Crippen molar-refractivity contribution in [2.24, 2.45) is 0 Å². The number of ether oxygens (including phenoxy) is 1. The zero-order valence-electron chi connectivity index (χ0n) is 11.2. The molecule has 0 fully saturated rings. The molecule has 2 aromatic carbocycles. The first-order valence-electron chi connectivity index (χ1n) is 6.66. The number of carbonyl (C=O) groups excluding carboxylic acids is 1. The van der Waals surface area contributed by atoms with E-state index in [0.29, 0.717) is 13.0 Å². The molecule has 3 rings (SSSR count). The highest BCUT2D eigenvalue weighted by Crippen LogP contribution is 2.31. The lowest BCUT2D eigenvalue weighted by atomic mass is 10.00. The van der Waals surface area contributed by atoms with Crippen molar-refractivity contribution in [1.29, 1.82) is 0 Å². The Morgan fingerprint density at radius 2 is 2.10 bits per heavy atom. The Hall–Kier alpha value is -2.56. The Labute approximate surface area is 121 Å². The molecule has 1 atom stereocenters. The van der Waals surface area contributed by atoms with Crippen LogP contribution in [-0.4, -0.2) is 17.6 Å². The molecule has 2 aromatic rings. The van der Waals surface area contributed by atoms with E-state index in [9.17, 15) is 14.3 Å². The number of amides is 1. The SMILES string of the molecule is O=C(NC1CCOc2ccccc21)c1ccc(O)cc1F. The van der Waals surface area contributed by atoms with Crippen molar-refractivity contribution in [2.45, 2.75) is 12.5 Å². The van der Waals surface area contributed by atoms with Crippen LogP contribution in [0.3, 0.4) is 0 Å². The van der Waals surface area contributed by atoms with Crippen LogP contribution < -0.4 is 10.1 Å². The fraction of sp³-hybridized carbons (Fsp3) is 0.188. The van der Waals surface area contributed by atoms with Crippen molar-refractivity contribution < 1.29 is 19.0 Å². The van der Waals surface area contributed by atoms with Gasteiger partial charge in [0.05, 0.1) is 18.2 Å². The van der Waals surface area contributed by atoms with Crippen molar-refractivity contribution in [3.8, 4) is 11.5 Å². The van der Waals surface area contributed by atoms with Gasteiger partial charge in [0.25, 0.3) is 5.91 Å². The van der Waals surface area contributed by atoms with Gasteiger partial charge >= 0.3 is 0 Å². The van der Waals surface area contributed by atoms with Gasteiger partial charge in [0.2, 0.25) is 0 Å². The third kappa shape index (κ3) is 2.67. The zero-order chi connectivity index (χ0) is 14.8. The van der Waals surface area contributed by atoms with Gasteiger partial charge < -0.3 is 15.2 Å². The lowest BCUT2D eigenvalue weighted by molar-refractivity contribution is 0.0920. The highest BCUT2D eigenvalue weighted by molar-refractivity contribution is 5.94. The summed E-state index contributed by atoms with van der Waals surface area (Å²) in [4.78, 5) is 12.2. The molecule has 2 N–H and O–H groups in total. The number of phenols is 1. The maximum atomic E-state index is 13.7. The molecule has 0 radical (unpaired) electrons. The van der Waals surface area contributed by atoms with Crippen molar-refractivity contribution in [3.63, 3.8) is 0 Å². The molecule has 1 amide bonds. The second-order valence-electron chi connectivity index (χ2n) is 4.87. The van der Waals surface area contributed by atoms with Crippen molar-refractivity contribution in [3.05, 3.63) is 59.4 Å². The summed E-state index contributed by atoms with van der Waals surface area (Å²) in [5.41, 5.74) is 0.799. The molecule has 0 bridgehead atoms. The smallest absolute Gasteiger partial charge is 0.254 e. The standard InChI is InChI=1S/C16H14FNO3/c17-13-9-10(19)5-6-11(13)16(20)18-14-7-8-21-15-4-2-1-3-12(14)15/h1-6,9,14,19H,7-8H2,(H,18,20). The van der Waals surface area contributed by atoms with Gasteiger partial charge in [0.1, 0.15) is 17.3 Å². The van der Waals surface area contributed by atoms with Crippen LogP contribution >= 0.6 is 0 Å². The van der Waals surface area contributed by atoms with Crippen LogP contribution in [0.1, 0.15) is 28.4 Å². The highest BCUT2D eigenvalue weighted by atomic mass is 19.1. The van der Waals surface area contributed by atoms with Crippen LogP contribution in [0, 0.1) is 5.82 Å². The van der Waals surface area contributed by atoms with Gasteiger partial charge in [0, 0.05) is 18.1 Å². The predicted molar refractivity (Wildman–Crippen MR) is 74.8 cm³/mol. The highest BCUT2D eigenvalue weighted by Gasteiger charge is 2.24. The maximum Gasteiger partial charge on any atom is 0.254 e. The minimum Gasteiger partial charge on any atom is -0.508 e. The number of aromatic hydroxyl groups is 1. The summed E-state index contributed by atoms with van der Waals surface area (Å²) < 4.78 is 19.2. The summed E-state index contributed by atoms with van der Waals surface area (Å²) in [6.07, 6.45) is 0.627. The molecule has 0 aromatic heterocycles. The Morgan fingerprint density at radius 3 is 2.90 bits per heavy atom. The summed E-state index contributed by atoms with van der Waals surface area (Å²) >= 11 is 0. The fourth-order valence-electron chi connectivity index (χ4n) is 2.42. The molecule has 108 valence electrons. The molecule has 1 aliphatic rings. The number of nitrogens with one attached hydrogen (secondary N) is 1. The molecule has 1 aliphatic heterocycles. The molecule has 0 saturated carbocycles. The Morgan fingerprint density at radius 1 is 1.29 bits per heavy atom. The van der Waals surface area contributed by atoms with Crippen LogP contribution in [0.4, 0.5) is 4.39 Å². The van der Waals surface area contributed by atoms with Crippen LogP contribution in [-0.2, 0) is 0 Å². The number of halogens is 1. The molecule has 4 nitrogen and oxygen atoms in total. The molecule has 0 spiro atoms. The van der Waals surface area contributed by atoms with E-state index in [1.54, 1.807) is 0 Å². The number of benzene rings is 2. The van der Waals surface area contributed by atoms with Crippen LogP contribution in [0.2, 0.25) is 0 Å². The minimum atomic E-state index is -0.743. The third-order valence-corrected chi connectivity index (χ3v) is 3.46. The predicted octanol–water partition coefficient (Wildman–Crippen LogP) is 2.78. The summed E-state index contributed by atoms with van der Waals surface area (Å²) in [5.74, 6) is -0.720. The average Bonchev–Trinajstić information content (AvgIpc) is 2.47. The van der Waals surface area contributed by atoms with Crippen molar-refractivity contribution in [2.75, 3.05) is 6.61 Å². The van der Waals surface area contributed by atoms with E-state index in [4.69, 9.17) is 4.74 Å². The van der Waals surface area contributed by atoms with Gasteiger partial charge in [-0.15, -0.1) is 0 Å². The quantitative estimate of drug-likeness (QED) is 0.893. The Kier molecular flexibility index (Phi) is 3.48. The van der Waals surface area contributed by atoms with Crippen molar-refractivity contribution in [1.82, 2.24) is 5.32 Å². The average molecular weight is 287 g/mol. The second-order valence-corrected chi connectivity index (χ2v) is 4.87. The number of carbonyl (C=O) groups is 1. The fourth-order valence-corrected chi connectivity index (χ4v) is 2.42. The number of hydrogen-bond donors (Lipinski definition) is 2. The van der Waals surface area contributed by atoms with E-state index in [-0.39, 0.29) is 17.4 Å². The monoisotopic (exact) mass is 287 g/mol. The van der Waals surface area contributed by atoms with Crippen LogP contribution in [0.15, 0.2) is 42.5 Å². The Bertz CT molecular complexity index is 687. The molecule has 0 aliphatic carbocycles. The van der Waals surface area contributed by atoms with E-state index >= 15 is 0 Å². The normalized spacial score (nSPS) is 16.7. The first-order chi connectivity index (χ1) is 10.1. The first-order valence-corrected chi connectivity index (χ1v) is 6.66. The minimum absolute atomic E-state index is 0.0863. The van der Waals surface area contributed by atoms with E-state index in [1.807, 2.05) is 24.3 Å². The lowest BCUT2D eigenvalue weighted by Gasteiger charge is -2.26. The van der Waals surface area contributed by atoms with E-state index in [0.717, 1.165) is 17.4 Å². The van der Waals surface area contributed by atoms with Crippen LogP contribution in [0.25, 0.3) is 0 Å². The maximum absolute atomic E-state index is 13.7. The van der Waals surface area contributed by atoms with Gasteiger partial charge in [-0.3, -0.25) is 4.79 Å². The molecule has 1 heterocycles. The molecular formula is C16H14FNO3. The summed E-state index contributed by atoms with van der Waals surface area (Å²) in [5, 5.41) is 12.0. The van der Waals surface area contributed by atoms with E-state index in [1.165, 1.54) is 12.1 Å². The van der Waals surface area contributed by atoms with Crippen molar-refractivity contribution >= 4 is 5.91 Å². The molecular weight excluding hydrogens is 273 g/mol. The van der Waals surface area contributed by atoms with Gasteiger partial charge in [-0.25, -0.2) is 4.39 Å². The number of phenolic OH excluding ortho intramolecular Hbond substituents is 1. The summed E-state index contributed by atoms with van der Waals surface area (Å²) in [7, 11) is 0. The van der Waals surface area contributed by atoms with E-state index in [2.05, 4.69) is 5.32 Å². The number of rotatable bonds is 2. The van der Waals surface area contributed by atoms with Gasteiger partial charge in [0.15, 0.2) is 0 Å². The number of fused-ring (bicyclic) bond motifs is 1. The number of hydrogen-bond acceptors (Lipinski definition) is 3. The molecule has 1 unspecified atom stereocenters. The summed E-state index contributed by atoms with van der Waals surface area (Å²) in [6, 6.07) is 10.7. The second kappa shape index (κ2) is 5.44. The summed E-state index contributed by atoms with van der Waals surface area (Å²) in [6.45, 7) is 0.500. The molecule has 21 heavy (non-hydrogen) atoms. The number of para-hydroxylation sites is 1.